The zero-order chi connectivity index (χ0) is 20.7. The molecular weight excluding hydrogens is 400 g/mol. The first-order valence-electron chi connectivity index (χ1n) is 10.1. The van der Waals surface area contributed by atoms with Crippen LogP contribution < -0.4 is 4.74 Å². The monoisotopic (exact) mass is 424 g/mol. The number of thiol groups is 1. The van der Waals surface area contributed by atoms with Gasteiger partial charge < -0.3 is 24.1 Å². The van der Waals surface area contributed by atoms with Crippen molar-refractivity contribution in [2.75, 3.05) is 6.61 Å². The van der Waals surface area contributed by atoms with Gasteiger partial charge in [0, 0.05) is 10.9 Å². The number of fused-ring (bicyclic) bond motifs is 2. The van der Waals surface area contributed by atoms with Crippen molar-refractivity contribution in [1.29, 1.82) is 0 Å². The fourth-order valence-corrected chi connectivity index (χ4v) is 4.46. The fourth-order valence-electron chi connectivity index (χ4n) is 4.13. The quantitative estimate of drug-likeness (QED) is 0.622. The lowest BCUT2D eigenvalue weighted by atomic mass is 9.97. The van der Waals surface area contributed by atoms with Crippen molar-refractivity contribution in [2.24, 2.45) is 0 Å². The molecule has 0 saturated carbocycles. The Hall–Kier alpha value is -2.09. The summed E-state index contributed by atoms with van der Waals surface area (Å²) in [5.41, 5.74) is 1.22. The highest BCUT2D eigenvalue weighted by Gasteiger charge is 2.50. The van der Waals surface area contributed by atoms with Crippen molar-refractivity contribution in [3.8, 4) is 5.75 Å². The van der Waals surface area contributed by atoms with E-state index in [-0.39, 0.29) is 6.10 Å². The first kappa shape index (κ1) is 19.8. The van der Waals surface area contributed by atoms with E-state index in [1.54, 1.807) is 0 Å². The highest BCUT2D eigenvalue weighted by atomic mass is 32.1. The van der Waals surface area contributed by atoms with E-state index in [0.29, 0.717) is 6.61 Å². The van der Waals surface area contributed by atoms with E-state index < -0.39 is 30.0 Å². The maximum absolute atomic E-state index is 10.9. The summed E-state index contributed by atoms with van der Waals surface area (Å²) in [5.74, 6) is 0.740. The van der Waals surface area contributed by atoms with Crippen molar-refractivity contribution in [1.82, 2.24) is 0 Å². The standard InChI is InChI=1S/C24H24O5S/c1-14-11-12-15-7-5-6-10-17(15)20(14)28-22-19(25)24(30)27-18-13-26-23(29-21(18)22)16-8-3-2-4-9-16/h2-12,18-19,21-25,30H,13H2,1H3/t18-,19+,21-,22-,23?,24-/m0/s1. The molecule has 30 heavy (non-hydrogen) atoms. The molecule has 2 aliphatic heterocycles. The molecule has 1 unspecified atom stereocenters. The third kappa shape index (κ3) is 3.59. The maximum Gasteiger partial charge on any atom is 0.184 e. The number of aryl methyl sites for hydroxylation is 1. The Bertz CT molecular complexity index is 1030. The minimum Gasteiger partial charge on any atom is -0.484 e. The van der Waals surface area contributed by atoms with Crippen molar-refractivity contribution in [2.45, 2.75) is 43.1 Å². The third-order valence-electron chi connectivity index (χ3n) is 5.73. The van der Waals surface area contributed by atoms with Gasteiger partial charge in [-0.25, -0.2) is 0 Å². The first-order valence-corrected chi connectivity index (χ1v) is 10.6. The molecule has 156 valence electrons. The third-order valence-corrected chi connectivity index (χ3v) is 6.16. The molecule has 0 aromatic heterocycles. The normalized spacial score (nSPS) is 31.3. The molecule has 2 fully saturated rings. The Morgan fingerprint density at radius 2 is 1.73 bits per heavy atom. The van der Waals surface area contributed by atoms with Crippen molar-refractivity contribution >= 4 is 23.4 Å². The molecule has 0 aliphatic carbocycles. The van der Waals surface area contributed by atoms with Gasteiger partial charge >= 0.3 is 0 Å². The second-order valence-electron chi connectivity index (χ2n) is 7.75. The van der Waals surface area contributed by atoms with Gasteiger partial charge in [-0.05, 0) is 17.9 Å². The largest absolute Gasteiger partial charge is 0.484 e. The summed E-state index contributed by atoms with van der Waals surface area (Å²) in [7, 11) is 0. The van der Waals surface area contributed by atoms with Crippen LogP contribution in [0, 0.1) is 6.92 Å². The minimum absolute atomic E-state index is 0.336. The van der Waals surface area contributed by atoms with Crippen molar-refractivity contribution in [3.63, 3.8) is 0 Å². The predicted molar refractivity (Wildman–Crippen MR) is 117 cm³/mol. The molecule has 3 aromatic rings. The molecule has 0 radical (unpaired) electrons. The molecule has 6 heteroatoms. The fraction of sp³-hybridized carbons (Fsp3) is 0.333. The van der Waals surface area contributed by atoms with E-state index in [2.05, 4.69) is 18.7 Å². The molecule has 2 aliphatic rings. The molecule has 1 N–H and O–H groups in total. The van der Waals surface area contributed by atoms with Crippen LogP contribution in [0.5, 0.6) is 5.75 Å². The topological polar surface area (TPSA) is 57.2 Å². The summed E-state index contributed by atoms with van der Waals surface area (Å²) in [4.78, 5) is 0. The summed E-state index contributed by atoms with van der Waals surface area (Å²) >= 11 is 4.43. The summed E-state index contributed by atoms with van der Waals surface area (Å²) in [6.45, 7) is 2.34. The van der Waals surface area contributed by atoms with E-state index in [0.717, 1.165) is 27.6 Å². The van der Waals surface area contributed by atoms with Gasteiger partial charge in [0.15, 0.2) is 12.4 Å². The van der Waals surface area contributed by atoms with E-state index >= 15 is 0 Å². The molecular formula is C24H24O5S. The predicted octanol–water partition coefficient (Wildman–Crippen LogP) is 4.03. The van der Waals surface area contributed by atoms with Crippen molar-refractivity contribution in [3.05, 3.63) is 77.9 Å². The smallest absolute Gasteiger partial charge is 0.184 e. The molecule has 2 heterocycles. The maximum atomic E-state index is 10.9. The van der Waals surface area contributed by atoms with Gasteiger partial charge in [0.05, 0.1) is 6.61 Å². The van der Waals surface area contributed by atoms with Crippen molar-refractivity contribution < 1.29 is 24.1 Å². The van der Waals surface area contributed by atoms with Crippen LogP contribution >= 0.6 is 12.6 Å². The van der Waals surface area contributed by atoms with Gasteiger partial charge in [-0.15, -0.1) is 12.6 Å². The summed E-state index contributed by atoms with van der Waals surface area (Å²) < 4.78 is 24.5. The summed E-state index contributed by atoms with van der Waals surface area (Å²) in [6, 6.07) is 21.9. The Morgan fingerprint density at radius 1 is 0.967 bits per heavy atom. The van der Waals surface area contributed by atoms with Gasteiger partial charge in [-0.1, -0.05) is 66.7 Å². The lowest BCUT2D eigenvalue weighted by Gasteiger charge is -2.47. The number of rotatable bonds is 3. The number of ether oxygens (including phenoxy) is 4. The molecule has 0 amide bonds. The van der Waals surface area contributed by atoms with Crippen LogP contribution in [0.1, 0.15) is 17.4 Å². The highest BCUT2D eigenvalue weighted by Crippen LogP contribution is 2.38. The molecule has 0 bridgehead atoms. The van der Waals surface area contributed by atoms with Crippen LogP contribution in [0.3, 0.4) is 0 Å². The number of aliphatic hydroxyl groups is 1. The molecule has 6 atom stereocenters. The van der Waals surface area contributed by atoms with Gasteiger partial charge in [0.2, 0.25) is 0 Å². The van der Waals surface area contributed by atoms with Crippen LogP contribution in [-0.4, -0.2) is 41.6 Å². The molecule has 3 aromatic carbocycles. The van der Waals surface area contributed by atoms with Gasteiger partial charge in [0.1, 0.15) is 29.5 Å². The Morgan fingerprint density at radius 3 is 2.57 bits per heavy atom. The van der Waals surface area contributed by atoms with Crippen LogP contribution in [0.2, 0.25) is 0 Å². The minimum atomic E-state index is -0.956. The zero-order valence-electron chi connectivity index (χ0n) is 16.5. The van der Waals surface area contributed by atoms with E-state index in [1.807, 2.05) is 67.6 Å². The van der Waals surface area contributed by atoms with Crippen LogP contribution in [0.25, 0.3) is 10.8 Å². The van der Waals surface area contributed by atoms with E-state index in [4.69, 9.17) is 18.9 Å². The lowest BCUT2D eigenvalue weighted by Crippen LogP contribution is -2.62. The average molecular weight is 425 g/mol. The second kappa shape index (κ2) is 8.21. The first-order chi connectivity index (χ1) is 14.6. The van der Waals surface area contributed by atoms with E-state index in [1.165, 1.54) is 0 Å². The van der Waals surface area contributed by atoms with Gasteiger partial charge in [-0.2, -0.15) is 0 Å². The number of hydrogen-bond donors (Lipinski definition) is 2. The zero-order valence-corrected chi connectivity index (χ0v) is 17.4. The Balaban J connectivity index is 1.49. The molecule has 0 spiro atoms. The number of aliphatic hydroxyl groups excluding tert-OH is 1. The van der Waals surface area contributed by atoms with Crippen LogP contribution in [0.15, 0.2) is 66.7 Å². The Labute approximate surface area is 180 Å². The molecule has 5 rings (SSSR count). The van der Waals surface area contributed by atoms with Gasteiger partial charge in [-0.3, -0.25) is 0 Å². The number of benzene rings is 3. The molecule has 5 nitrogen and oxygen atoms in total. The summed E-state index contributed by atoms with van der Waals surface area (Å²) in [6.07, 6.45) is -3.02. The SMILES string of the molecule is Cc1ccc2ccccc2c1O[C@H]1[C@@H](O)[C@H](S)O[C@H]2COC(c3ccccc3)O[C@H]12. The van der Waals surface area contributed by atoms with Crippen LogP contribution in [0.4, 0.5) is 0 Å². The van der Waals surface area contributed by atoms with Gasteiger partial charge in [0.25, 0.3) is 0 Å². The molecule has 2 saturated heterocycles. The average Bonchev–Trinajstić information content (AvgIpc) is 2.78. The number of hydrogen-bond acceptors (Lipinski definition) is 6. The van der Waals surface area contributed by atoms with E-state index in [9.17, 15) is 5.11 Å². The highest BCUT2D eigenvalue weighted by molar-refractivity contribution is 7.80. The Kier molecular flexibility index (Phi) is 5.43. The van der Waals surface area contributed by atoms with Crippen LogP contribution in [-0.2, 0) is 14.2 Å². The summed E-state index contributed by atoms with van der Waals surface area (Å²) in [5, 5.41) is 13.0. The second-order valence-corrected chi connectivity index (χ2v) is 8.26. The lowest BCUT2D eigenvalue weighted by molar-refractivity contribution is -0.314.